The first-order valence-electron chi connectivity index (χ1n) is 6.93. The van der Waals surface area contributed by atoms with Gasteiger partial charge in [0.15, 0.2) is 0 Å². The average molecular weight is 287 g/mol. The van der Waals surface area contributed by atoms with Gasteiger partial charge in [-0.1, -0.05) is 6.92 Å². The molecule has 112 valence electrons. The second-order valence-electron chi connectivity index (χ2n) is 4.68. The van der Waals surface area contributed by atoms with E-state index in [2.05, 4.69) is 22.2 Å². The molecule has 5 nitrogen and oxygen atoms in total. The van der Waals surface area contributed by atoms with Crippen molar-refractivity contribution >= 4 is 0 Å². The third-order valence-corrected chi connectivity index (χ3v) is 3.25. The van der Waals surface area contributed by atoms with Crippen molar-refractivity contribution in [3.8, 4) is 11.5 Å². The zero-order chi connectivity index (χ0) is 15.2. The molecule has 2 rings (SSSR count). The summed E-state index contributed by atoms with van der Waals surface area (Å²) >= 11 is 0. The molecule has 1 aromatic heterocycles. The highest BCUT2D eigenvalue weighted by Gasteiger charge is 2.20. The van der Waals surface area contributed by atoms with Crippen LogP contribution in [0.1, 0.15) is 29.9 Å². The summed E-state index contributed by atoms with van der Waals surface area (Å²) in [6.45, 7) is 4.78. The van der Waals surface area contributed by atoms with Crippen LogP contribution in [-0.2, 0) is 0 Å². The molecule has 0 radical (unpaired) electrons. The van der Waals surface area contributed by atoms with Gasteiger partial charge in [0.2, 0.25) is 0 Å². The molecule has 1 heterocycles. The summed E-state index contributed by atoms with van der Waals surface area (Å²) in [5.74, 6) is 1.58. The predicted octanol–water partition coefficient (Wildman–Crippen LogP) is 2.50. The Morgan fingerprint density at radius 2 is 1.95 bits per heavy atom. The van der Waals surface area contributed by atoms with Crippen molar-refractivity contribution in [1.29, 1.82) is 0 Å². The van der Waals surface area contributed by atoms with E-state index in [1.807, 2.05) is 25.1 Å². The minimum atomic E-state index is -0.0897. The molecule has 5 heteroatoms. The summed E-state index contributed by atoms with van der Waals surface area (Å²) in [4.78, 5) is 8.81. The lowest BCUT2D eigenvalue weighted by Crippen LogP contribution is -2.23. The molecule has 0 aliphatic rings. The van der Waals surface area contributed by atoms with Gasteiger partial charge in [-0.15, -0.1) is 0 Å². The highest BCUT2D eigenvalue weighted by molar-refractivity contribution is 5.44. The van der Waals surface area contributed by atoms with Gasteiger partial charge in [0.05, 0.1) is 37.8 Å². The fourth-order valence-electron chi connectivity index (χ4n) is 2.19. The number of rotatable bonds is 6. The Kier molecular flexibility index (Phi) is 5.11. The maximum Gasteiger partial charge on any atom is 0.124 e. The summed E-state index contributed by atoms with van der Waals surface area (Å²) in [7, 11) is 3.31. The van der Waals surface area contributed by atoms with Crippen molar-refractivity contribution in [2.45, 2.75) is 19.9 Å². The van der Waals surface area contributed by atoms with Crippen LogP contribution in [-0.4, -0.2) is 30.7 Å². The van der Waals surface area contributed by atoms with Crippen LogP contribution in [0.15, 0.2) is 30.6 Å². The molecular weight excluding hydrogens is 266 g/mol. The zero-order valence-corrected chi connectivity index (χ0v) is 12.9. The molecule has 0 aliphatic heterocycles. The molecule has 1 atom stereocenters. The SMILES string of the molecule is CCNC(c1cnc(C)cn1)c1cc(OC)ccc1OC. The van der Waals surface area contributed by atoms with Gasteiger partial charge in [-0.25, -0.2) is 0 Å². The van der Waals surface area contributed by atoms with Crippen molar-refractivity contribution in [3.05, 3.63) is 47.5 Å². The number of nitrogens with zero attached hydrogens (tertiary/aromatic N) is 2. The van der Waals surface area contributed by atoms with Gasteiger partial charge in [-0.2, -0.15) is 0 Å². The maximum atomic E-state index is 5.47. The average Bonchev–Trinajstić information content (AvgIpc) is 2.53. The Bertz CT molecular complexity index is 585. The van der Waals surface area contributed by atoms with Gasteiger partial charge < -0.3 is 14.8 Å². The molecule has 1 aromatic carbocycles. The number of hydrogen-bond donors (Lipinski definition) is 1. The summed E-state index contributed by atoms with van der Waals surface area (Å²) in [6, 6.07) is 5.66. The van der Waals surface area contributed by atoms with Gasteiger partial charge in [-0.05, 0) is 31.7 Å². The number of nitrogens with one attached hydrogen (secondary N) is 1. The number of ether oxygens (including phenoxy) is 2. The normalized spacial score (nSPS) is 12.0. The van der Waals surface area contributed by atoms with Crippen molar-refractivity contribution in [3.63, 3.8) is 0 Å². The summed E-state index contributed by atoms with van der Waals surface area (Å²) in [6.07, 6.45) is 3.56. The number of aromatic nitrogens is 2. The van der Waals surface area contributed by atoms with Crippen LogP contribution in [0.5, 0.6) is 11.5 Å². The Hall–Kier alpha value is -2.14. The molecule has 2 aromatic rings. The second kappa shape index (κ2) is 7.04. The van der Waals surface area contributed by atoms with Crippen LogP contribution >= 0.6 is 0 Å². The fraction of sp³-hybridized carbons (Fsp3) is 0.375. The lowest BCUT2D eigenvalue weighted by Gasteiger charge is -2.20. The molecular formula is C16H21N3O2. The highest BCUT2D eigenvalue weighted by atomic mass is 16.5. The van der Waals surface area contributed by atoms with E-state index >= 15 is 0 Å². The van der Waals surface area contributed by atoms with E-state index in [-0.39, 0.29) is 6.04 Å². The monoisotopic (exact) mass is 287 g/mol. The Morgan fingerprint density at radius 3 is 2.52 bits per heavy atom. The van der Waals surface area contributed by atoms with E-state index in [1.54, 1.807) is 26.6 Å². The van der Waals surface area contributed by atoms with Gasteiger partial charge in [0.1, 0.15) is 11.5 Å². The van der Waals surface area contributed by atoms with Crippen molar-refractivity contribution in [2.75, 3.05) is 20.8 Å². The van der Waals surface area contributed by atoms with E-state index in [1.165, 1.54) is 0 Å². The summed E-state index contributed by atoms with van der Waals surface area (Å²) < 4.78 is 10.8. The highest BCUT2D eigenvalue weighted by Crippen LogP contribution is 2.32. The molecule has 0 aliphatic carbocycles. The number of hydrogen-bond acceptors (Lipinski definition) is 5. The third kappa shape index (κ3) is 3.49. The first kappa shape index (κ1) is 15.3. The van der Waals surface area contributed by atoms with Gasteiger partial charge >= 0.3 is 0 Å². The number of aryl methyl sites for hydroxylation is 1. The van der Waals surface area contributed by atoms with Crippen LogP contribution in [0.25, 0.3) is 0 Å². The van der Waals surface area contributed by atoms with E-state index < -0.39 is 0 Å². The van der Waals surface area contributed by atoms with Gasteiger partial charge in [-0.3, -0.25) is 9.97 Å². The molecule has 0 fully saturated rings. The largest absolute Gasteiger partial charge is 0.497 e. The minimum Gasteiger partial charge on any atom is -0.497 e. The summed E-state index contributed by atoms with van der Waals surface area (Å²) in [5, 5.41) is 3.42. The predicted molar refractivity (Wildman–Crippen MR) is 81.8 cm³/mol. The molecule has 1 unspecified atom stereocenters. The first-order chi connectivity index (χ1) is 10.2. The van der Waals surface area contributed by atoms with Crippen LogP contribution in [0, 0.1) is 6.92 Å². The number of methoxy groups -OCH3 is 2. The zero-order valence-electron chi connectivity index (χ0n) is 12.9. The van der Waals surface area contributed by atoms with Crippen LogP contribution in [0.3, 0.4) is 0 Å². The van der Waals surface area contributed by atoms with Crippen molar-refractivity contribution in [1.82, 2.24) is 15.3 Å². The van der Waals surface area contributed by atoms with Gasteiger partial charge in [0, 0.05) is 11.8 Å². The first-order valence-corrected chi connectivity index (χ1v) is 6.93. The smallest absolute Gasteiger partial charge is 0.124 e. The summed E-state index contributed by atoms with van der Waals surface area (Å²) in [5.41, 5.74) is 2.73. The van der Waals surface area contributed by atoms with Crippen LogP contribution in [0.4, 0.5) is 0 Å². The van der Waals surface area contributed by atoms with Crippen LogP contribution in [0.2, 0.25) is 0 Å². The topological polar surface area (TPSA) is 56.3 Å². The van der Waals surface area contributed by atoms with Crippen molar-refractivity contribution in [2.24, 2.45) is 0 Å². The molecule has 0 amide bonds. The lowest BCUT2D eigenvalue weighted by atomic mass is 10.0. The van der Waals surface area contributed by atoms with E-state index in [0.717, 1.165) is 35.0 Å². The van der Waals surface area contributed by atoms with E-state index in [9.17, 15) is 0 Å². The molecule has 21 heavy (non-hydrogen) atoms. The Balaban J connectivity index is 2.48. The maximum absolute atomic E-state index is 5.47. The Morgan fingerprint density at radius 1 is 1.14 bits per heavy atom. The molecule has 0 spiro atoms. The van der Waals surface area contributed by atoms with E-state index in [4.69, 9.17) is 9.47 Å². The quantitative estimate of drug-likeness (QED) is 0.884. The number of benzene rings is 1. The van der Waals surface area contributed by atoms with Crippen LogP contribution < -0.4 is 14.8 Å². The fourth-order valence-corrected chi connectivity index (χ4v) is 2.19. The minimum absolute atomic E-state index is 0.0897. The molecule has 0 saturated heterocycles. The van der Waals surface area contributed by atoms with Crippen molar-refractivity contribution < 1.29 is 9.47 Å². The lowest BCUT2D eigenvalue weighted by molar-refractivity contribution is 0.393. The van der Waals surface area contributed by atoms with Gasteiger partial charge in [0.25, 0.3) is 0 Å². The van der Waals surface area contributed by atoms with E-state index in [0.29, 0.717) is 0 Å². The Labute approximate surface area is 125 Å². The molecule has 0 saturated carbocycles. The third-order valence-electron chi connectivity index (χ3n) is 3.25. The standard InChI is InChI=1S/C16H21N3O2/c1-5-17-16(14-10-18-11(2)9-19-14)13-8-12(20-3)6-7-15(13)21-4/h6-10,16-17H,5H2,1-4H3. The molecule has 0 bridgehead atoms. The second-order valence-corrected chi connectivity index (χ2v) is 4.68. The molecule has 1 N–H and O–H groups in total.